The summed E-state index contributed by atoms with van der Waals surface area (Å²) < 4.78 is 42.3. The number of carboxylic acid groups (broad SMARTS) is 1. The maximum atomic E-state index is 13.2. The smallest absolute Gasteiger partial charge is 0.483 e. The standard InChI is InChI=1S/C27H25F3N6O2.CH2O2/c1-33(2)9-10-35-16-21(17-7-5-4-6-8-17)19(12-24(35)37)22-15-34(3)26(38)25-20(22)11-23(32-25)18-13-31-36(14-18)27(28,29)30;2-1-3/h4-8,11-16,32H,9-10H2,1-3H3;1H,(H,2,3). The third-order valence-corrected chi connectivity index (χ3v) is 6.41. The molecule has 13 heteroatoms. The van der Waals surface area contributed by atoms with E-state index in [-0.39, 0.29) is 33.4 Å². The van der Waals surface area contributed by atoms with Crippen LogP contribution in [0.3, 0.4) is 0 Å². The third-order valence-electron chi connectivity index (χ3n) is 6.41. The van der Waals surface area contributed by atoms with Crippen LogP contribution in [-0.4, -0.2) is 61.0 Å². The number of nitrogens with one attached hydrogen (secondary N) is 1. The second-order valence-corrected chi connectivity index (χ2v) is 9.48. The van der Waals surface area contributed by atoms with Crippen LogP contribution in [0.15, 0.2) is 76.8 Å². The molecule has 41 heavy (non-hydrogen) atoms. The number of pyridine rings is 2. The van der Waals surface area contributed by atoms with Crippen LogP contribution in [0.1, 0.15) is 0 Å². The molecule has 0 saturated heterocycles. The first-order valence-electron chi connectivity index (χ1n) is 12.3. The Morgan fingerprint density at radius 3 is 2.29 bits per heavy atom. The van der Waals surface area contributed by atoms with Crippen LogP contribution in [-0.2, 0) is 24.7 Å². The fraction of sp³-hybridized carbons (Fsp3) is 0.214. The molecule has 0 amide bonds. The van der Waals surface area contributed by atoms with E-state index in [9.17, 15) is 22.8 Å². The number of aromatic nitrogens is 5. The molecule has 0 aliphatic carbocycles. The zero-order valence-corrected chi connectivity index (χ0v) is 22.4. The Balaban J connectivity index is 0.00000124. The lowest BCUT2D eigenvalue weighted by Crippen LogP contribution is -2.26. The van der Waals surface area contributed by atoms with Crippen molar-refractivity contribution in [1.82, 2.24) is 28.8 Å². The second-order valence-electron chi connectivity index (χ2n) is 9.48. The van der Waals surface area contributed by atoms with Crippen molar-refractivity contribution in [2.75, 3.05) is 20.6 Å². The Kier molecular flexibility index (Phi) is 8.28. The van der Waals surface area contributed by atoms with Crippen molar-refractivity contribution in [3.05, 3.63) is 88.0 Å². The highest BCUT2D eigenvalue weighted by Crippen LogP contribution is 2.36. The van der Waals surface area contributed by atoms with Gasteiger partial charge in [-0.15, -0.1) is 13.2 Å². The van der Waals surface area contributed by atoms with Crippen molar-refractivity contribution in [2.45, 2.75) is 12.8 Å². The average molecular weight is 569 g/mol. The molecule has 1 aromatic carbocycles. The minimum atomic E-state index is -4.66. The van der Waals surface area contributed by atoms with Gasteiger partial charge in [0, 0.05) is 72.6 Å². The number of halogens is 3. The number of alkyl halides is 3. The van der Waals surface area contributed by atoms with Gasteiger partial charge in [0.05, 0.1) is 6.20 Å². The topological polar surface area (TPSA) is 118 Å². The van der Waals surface area contributed by atoms with E-state index in [1.165, 1.54) is 4.57 Å². The molecule has 2 N–H and O–H groups in total. The molecule has 0 unspecified atom stereocenters. The summed E-state index contributed by atoms with van der Waals surface area (Å²) in [5.41, 5.74) is 3.03. The molecular weight excluding hydrogens is 541 g/mol. The van der Waals surface area contributed by atoms with Gasteiger partial charge in [-0.1, -0.05) is 30.3 Å². The van der Waals surface area contributed by atoms with E-state index in [4.69, 9.17) is 9.90 Å². The SMILES string of the molecule is CN(C)CCn1cc(-c2ccccc2)c(-c2cn(C)c(=O)c3[nH]c(-c4cnn(C(F)(F)F)c4)cc23)cc1=O.O=CO. The normalized spacial score (nSPS) is 11.5. The molecule has 0 saturated carbocycles. The Hall–Kier alpha value is -4.91. The fourth-order valence-electron chi connectivity index (χ4n) is 4.43. The van der Waals surface area contributed by atoms with Gasteiger partial charge in [-0.25, -0.2) is 0 Å². The highest BCUT2D eigenvalue weighted by atomic mass is 19.4. The first kappa shape index (κ1) is 29.1. The summed E-state index contributed by atoms with van der Waals surface area (Å²) in [4.78, 5) is 39.5. The molecular formula is C28H27F3N6O4. The van der Waals surface area contributed by atoms with Gasteiger partial charge in [0.15, 0.2) is 0 Å². The molecule has 10 nitrogen and oxygen atoms in total. The van der Waals surface area contributed by atoms with E-state index >= 15 is 0 Å². The van der Waals surface area contributed by atoms with E-state index < -0.39 is 6.30 Å². The highest BCUT2D eigenvalue weighted by molar-refractivity contribution is 6.00. The number of hydrogen-bond acceptors (Lipinski definition) is 5. The molecule has 0 aliphatic rings. The molecule has 4 heterocycles. The van der Waals surface area contributed by atoms with Crippen LogP contribution in [0.5, 0.6) is 0 Å². The number of H-pyrrole nitrogens is 1. The molecule has 0 radical (unpaired) electrons. The molecule has 0 bridgehead atoms. The summed E-state index contributed by atoms with van der Waals surface area (Å²) in [6.45, 7) is 0.913. The van der Waals surface area contributed by atoms with Crippen LogP contribution in [0.25, 0.3) is 44.4 Å². The van der Waals surface area contributed by atoms with Crippen molar-refractivity contribution < 1.29 is 23.1 Å². The van der Waals surface area contributed by atoms with Crippen molar-refractivity contribution >= 4 is 17.4 Å². The van der Waals surface area contributed by atoms with E-state index in [0.717, 1.165) is 23.5 Å². The minimum absolute atomic E-state index is 0.0895. The molecule has 5 rings (SSSR count). The van der Waals surface area contributed by atoms with E-state index in [2.05, 4.69) is 10.1 Å². The zero-order chi connectivity index (χ0) is 29.9. The van der Waals surface area contributed by atoms with Crippen LogP contribution < -0.4 is 11.1 Å². The van der Waals surface area contributed by atoms with E-state index in [0.29, 0.717) is 35.3 Å². The lowest BCUT2D eigenvalue weighted by atomic mass is 9.95. The number of hydrogen-bond donors (Lipinski definition) is 2. The summed E-state index contributed by atoms with van der Waals surface area (Å²) in [5.74, 6) is 0. The number of fused-ring (bicyclic) bond motifs is 1. The van der Waals surface area contributed by atoms with Crippen LogP contribution in [0.2, 0.25) is 0 Å². The van der Waals surface area contributed by atoms with Gasteiger partial charge in [0.25, 0.3) is 17.6 Å². The summed E-state index contributed by atoms with van der Waals surface area (Å²) >= 11 is 0. The maximum absolute atomic E-state index is 13.2. The average Bonchev–Trinajstić information content (AvgIpc) is 3.59. The maximum Gasteiger partial charge on any atom is 0.504 e. The van der Waals surface area contributed by atoms with Gasteiger partial charge >= 0.3 is 6.30 Å². The number of aromatic amines is 1. The molecule has 0 spiro atoms. The fourth-order valence-corrected chi connectivity index (χ4v) is 4.43. The van der Waals surface area contributed by atoms with Gasteiger partial charge in [0.2, 0.25) is 0 Å². The molecule has 4 aromatic heterocycles. The number of benzene rings is 1. The summed E-state index contributed by atoms with van der Waals surface area (Å²) in [5, 5.41) is 10.8. The number of rotatable bonds is 6. The van der Waals surface area contributed by atoms with Crippen LogP contribution >= 0.6 is 0 Å². The van der Waals surface area contributed by atoms with Gasteiger partial charge in [-0.05, 0) is 31.3 Å². The monoisotopic (exact) mass is 568 g/mol. The summed E-state index contributed by atoms with van der Waals surface area (Å²) in [6.07, 6.45) is 0.744. The van der Waals surface area contributed by atoms with Crippen molar-refractivity contribution in [2.24, 2.45) is 7.05 Å². The van der Waals surface area contributed by atoms with E-state index in [1.54, 1.807) is 29.9 Å². The van der Waals surface area contributed by atoms with Crippen LogP contribution in [0.4, 0.5) is 13.2 Å². The predicted molar refractivity (Wildman–Crippen MR) is 148 cm³/mol. The van der Waals surface area contributed by atoms with Gasteiger partial charge in [0.1, 0.15) is 5.52 Å². The minimum Gasteiger partial charge on any atom is -0.483 e. The Bertz CT molecular complexity index is 1800. The molecule has 0 atom stereocenters. The second kappa shape index (κ2) is 11.7. The lowest BCUT2D eigenvalue weighted by molar-refractivity contribution is -0.212. The summed E-state index contributed by atoms with van der Waals surface area (Å²) in [6, 6.07) is 12.7. The van der Waals surface area contributed by atoms with Crippen molar-refractivity contribution in [3.63, 3.8) is 0 Å². The van der Waals surface area contributed by atoms with Crippen molar-refractivity contribution in [1.29, 1.82) is 0 Å². The first-order valence-corrected chi connectivity index (χ1v) is 12.3. The molecule has 214 valence electrons. The lowest BCUT2D eigenvalue weighted by Gasteiger charge is -2.17. The van der Waals surface area contributed by atoms with E-state index in [1.807, 2.05) is 55.5 Å². The number of carbonyl (C=O) groups is 1. The number of nitrogens with zero attached hydrogens (tertiary/aromatic N) is 5. The Morgan fingerprint density at radius 1 is 1.00 bits per heavy atom. The molecule has 0 aliphatic heterocycles. The zero-order valence-electron chi connectivity index (χ0n) is 22.4. The quantitative estimate of drug-likeness (QED) is 0.300. The number of aryl methyl sites for hydroxylation is 1. The molecule has 0 fully saturated rings. The van der Waals surface area contributed by atoms with Crippen molar-refractivity contribution in [3.8, 4) is 33.5 Å². The first-order chi connectivity index (χ1) is 19.4. The van der Waals surface area contributed by atoms with Crippen LogP contribution in [0, 0.1) is 0 Å². The van der Waals surface area contributed by atoms with Gasteiger partial charge in [-0.2, -0.15) is 9.78 Å². The molecule has 5 aromatic rings. The Labute approximate surface area is 231 Å². The predicted octanol–water partition coefficient (Wildman–Crippen LogP) is 3.96. The van der Waals surface area contributed by atoms with Gasteiger partial charge < -0.3 is 24.1 Å². The Morgan fingerprint density at radius 2 is 1.68 bits per heavy atom. The highest BCUT2D eigenvalue weighted by Gasteiger charge is 2.32. The van der Waals surface area contributed by atoms with Gasteiger partial charge in [-0.3, -0.25) is 14.4 Å². The largest absolute Gasteiger partial charge is 0.504 e. The summed E-state index contributed by atoms with van der Waals surface area (Å²) in [7, 11) is 5.45. The number of likely N-dealkylation sites (N-methyl/N-ethyl adjacent to an activating group) is 1. The third kappa shape index (κ3) is 6.14.